The summed E-state index contributed by atoms with van der Waals surface area (Å²) in [5.74, 6) is 0. The second-order valence-corrected chi connectivity index (χ2v) is 12.6. The van der Waals surface area contributed by atoms with E-state index in [1.807, 2.05) is 0 Å². The van der Waals surface area contributed by atoms with E-state index in [1.165, 1.54) is 0 Å². The van der Waals surface area contributed by atoms with Crippen molar-refractivity contribution in [1.29, 1.82) is 0 Å². The first-order valence-corrected chi connectivity index (χ1v) is 16.7. The summed E-state index contributed by atoms with van der Waals surface area (Å²) in [4.78, 5) is 0. The Bertz CT molecular complexity index is 242. The third-order valence-corrected chi connectivity index (χ3v) is 0. The molecule has 0 aromatic carbocycles. The molecule has 0 radical (unpaired) electrons. The molecule has 0 unspecified atom stereocenters. The molecule has 0 saturated carbocycles. The minimum atomic E-state index is -0.417. The fourth-order valence-corrected chi connectivity index (χ4v) is 0. The Labute approximate surface area is 363 Å². The Hall–Kier alpha value is 1.66. The van der Waals surface area contributed by atoms with Gasteiger partial charge in [0, 0.05) is 0 Å². The van der Waals surface area contributed by atoms with E-state index in [-0.39, 0.29) is 65.2 Å². The SMILES string of the molecule is CC(C)[O-].CC(C)[O-].CC(C)[O-].CC(C)[O-].CC(C)[O-].CC(C)[O-].CC(C)[O-].CC(C)[O-].CC(C)[O-].CC(C)[O-].CC(C)[O-].CC(C)[O-].[Ti+4].[Ti+4].[Ti+4]. The minimum Gasteiger partial charge on any atom is -0.852 e. The van der Waals surface area contributed by atoms with Crippen LogP contribution >= 0.6 is 0 Å². The first kappa shape index (κ1) is 99.1. The minimum absolute atomic E-state index is 0. The van der Waals surface area contributed by atoms with Crippen LogP contribution in [0.4, 0.5) is 0 Å². The van der Waals surface area contributed by atoms with Gasteiger partial charge in [0.2, 0.25) is 0 Å². The maximum absolute atomic E-state index is 9.53. The molecule has 0 amide bonds. The van der Waals surface area contributed by atoms with E-state index < -0.39 is 73.2 Å². The molecule has 12 nitrogen and oxygen atoms in total. The van der Waals surface area contributed by atoms with Gasteiger partial charge in [-0.1, -0.05) is 166 Å². The molecular weight excluding hydrogens is 768 g/mol. The van der Waals surface area contributed by atoms with Crippen molar-refractivity contribution >= 4 is 0 Å². The first-order chi connectivity index (χ1) is 20.8. The molecule has 15 heteroatoms. The van der Waals surface area contributed by atoms with E-state index in [2.05, 4.69) is 0 Å². The van der Waals surface area contributed by atoms with Gasteiger partial charge < -0.3 is 61.3 Å². The van der Waals surface area contributed by atoms with E-state index in [0.717, 1.165) is 0 Å². The van der Waals surface area contributed by atoms with Gasteiger partial charge in [0.15, 0.2) is 0 Å². The Morgan fingerprint density at radius 3 is 0.137 bits per heavy atom. The zero-order valence-corrected chi connectivity index (χ0v) is 42.0. The predicted octanol–water partition coefficient (Wildman–Crippen LogP) is -2.95. The maximum atomic E-state index is 9.53. The second-order valence-electron chi connectivity index (χ2n) is 12.6. The van der Waals surface area contributed by atoms with Gasteiger partial charge in [-0.3, -0.25) is 0 Å². The van der Waals surface area contributed by atoms with Gasteiger partial charge in [0.05, 0.1) is 0 Å². The first-order valence-electron chi connectivity index (χ1n) is 16.7. The normalized spacial score (nSPS) is 8.47. The van der Waals surface area contributed by atoms with Crippen LogP contribution in [0.2, 0.25) is 0 Å². The standard InChI is InChI=1S/12C3H7O.3Ti/c12*1-3(2)4;;;/h12*3H,1-2H3;;;/q12*-1;3*+4. The van der Waals surface area contributed by atoms with Crippen LogP contribution in [0.3, 0.4) is 0 Å². The van der Waals surface area contributed by atoms with Crippen LogP contribution in [0.1, 0.15) is 166 Å². The zero-order chi connectivity index (χ0) is 42.9. The van der Waals surface area contributed by atoms with Crippen LogP contribution in [0.25, 0.3) is 0 Å². The van der Waals surface area contributed by atoms with E-state index >= 15 is 0 Å². The van der Waals surface area contributed by atoms with Crippen LogP contribution in [0, 0.1) is 0 Å². The molecule has 0 N–H and O–H groups in total. The number of rotatable bonds is 0. The third kappa shape index (κ3) is 46100. The Morgan fingerprint density at radius 2 is 0.137 bits per heavy atom. The molecule has 0 saturated heterocycles. The monoisotopic (exact) mass is 852 g/mol. The quantitative estimate of drug-likeness (QED) is 0.221. The van der Waals surface area contributed by atoms with E-state index in [4.69, 9.17) is 0 Å². The molecule has 0 aromatic heterocycles. The number of hydrogen-bond donors (Lipinski definition) is 0. The average Bonchev–Trinajstić information content (AvgIpc) is 2.61. The summed E-state index contributed by atoms with van der Waals surface area (Å²) >= 11 is 0. The van der Waals surface area contributed by atoms with Gasteiger partial charge in [0.25, 0.3) is 0 Å². The zero-order valence-electron chi connectivity index (χ0n) is 37.3. The van der Waals surface area contributed by atoms with E-state index in [9.17, 15) is 61.3 Å². The van der Waals surface area contributed by atoms with Crippen molar-refractivity contribution in [3.8, 4) is 0 Å². The molecule has 0 spiro atoms. The van der Waals surface area contributed by atoms with Crippen molar-refractivity contribution in [2.24, 2.45) is 0 Å². The van der Waals surface area contributed by atoms with Crippen molar-refractivity contribution in [3.63, 3.8) is 0 Å². The second kappa shape index (κ2) is 93.5. The summed E-state index contributed by atoms with van der Waals surface area (Å²) in [5.41, 5.74) is 0. The van der Waals surface area contributed by atoms with E-state index in [0.29, 0.717) is 0 Å². The molecule has 312 valence electrons. The topological polar surface area (TPSA) is 277 Å². The molecule has 51 heavy (non-hydrogen) atoms. The third-order valence-electron chi connectivity index (χ3n) is 0. The molecule has 0 atom stereocenters. The largest absolute Gasteiger partial charge is 4.00 e. The van der Waals surface area contributed by atoms with Crippen LogP contribution in [-0.4, -0.2) is 73.2 Å². The molecule has 0 aromatic rings. The van der Waals surface area contributed by atoms with Crippen molar-refractivity contribution in [2.45, 2.75) is 239 Å². The van der Waals surface area contributed by atoms with Crippen molar-refractivity contribution in [1.82, 2.24) is 0 Å². The van der Waals surface area contributed by atoms with Gasteiger partial charge in [-0.15, -0.1) is 73.2 Å². The fourth-order valence-electron chi connectivity index (χ4n) is 0. The fraction of sp³-hybridized carbons (Fsp3) is 1.00. The summed E-state index contributed by atoms with van der Waals surface area (Å²) in [5, 5.41) is 114. The molecule has 0 aliphatic carbocycles. The predicted molar refractivity (Wildman–Crippen MR) is 182 cm³/mol. The van der Waals surface area contributed by atoms with Crippen molar-refractivity contribution < 1.29 is 126 Å². The Morgan fingerprint density at radius 1 is 0.137 bits per heavy atom. The van der Waals surface area contributed by atoms with Gasteiger partial charge in [-0.25, -0.2) is 0 Å². The Balaban J connectivity index is -0.0000000212. The van der Waals surface area contributed by atoms with Gasteiger partial charge in [-0.05, 0) is 0 Å². The molecule has 0 aliphatic heterocycles. The van der Waals surface area contributed by atoms with Crippen LogP contribution < -0.4 is 61.3 Å². The number of hydrogen-bond acceptors (Lipinski definition) is 12. The Kier molecular flexibility index (Phi) is 182. The summed E-state index contributed by atoms with van der Waals surface area (Å²) in [6, 6.07) is 0. The van der Waals surface area contributed by atoms with Crippen LogP contribution in [-0.2, 0) is 65.2 Å². The molecule has 0 aliphatic rings. The average molecular weight is 853 g/mol. The van der Waals surface area contributed by atoms with Gasteiger partial charge in [0.1, 0.15) is 0 Å². The van der Waals surface area contributed by atoms with Gasteiger partial charge >= 0.3 is 65.2 Å². The maximum Gasteiger partial charge on any atom is 4.00 e. The van der Waals surface area contributed by atoms with Gasteiger partial charge in [-0.2, -0.15) is 0 Å². The summed E-state index contributed by atoms with van der Waals surface area (Å²) in [7, 11) is 0. The van der Waals surface area contributed by atoms with Crippen LogP contribution in [0.15, 0.2) is 0 Å². The molecular formula is C36H84O12Ti3. The molecule has 0 rings (SSSR count). The van der Waals surface area contributed by atoms with Crippen molar-refractivity contribution in [2.75, 3.05) is 0 Å². The summed E-state index contributed by atoms with van der Waals surface area (Å²) in [6.45, 7) is 38.7. The summed E-state index contributed by atoms with van der Waals surface area (Å²) in [6.07, 6.45) is -5.00. The molecule has 0 fully saturated rings. The molecule has 0 heterocycles. The summed E-state index contributed by atoms with van der Waals surface area (Å²) < 4.78 is 0. The van der Waals surface area contributed by atoms with Crippen LogP contribution in [0.5, 0.6) is 0 Å². The smallest absolute Gasteiger partial charge is 0.852 e. The van der Waals surface area contributed by atoms with Crippen molar-refractivity contribution in [3.05, 3.63) is 0 Å². The molecule has 0 bridgehead atoms. The van der Waals surface area contributed by atoms with E-state index in [1.54, 1.807) is 166 Å².